The number of hydrogen-bond donors (Lipinski definition) is 1. The molecule has 0 unspecified atom stereocenters. The number of rotatable bonds is 4. The molecule has 0 saturated heterocycles. The second-order valence-corrected chi connectivity index (χ2v) is 4.89. The number of carboxylic acids is 1. The Hall–Kier alpha value is -2.90. The Labute approximate surface area is 139 Å². The minimum atomic E-state index is -4.84. The maximum Gasteiger partial charge on any atom is 0.417 e. The van der Waals surface area contributed by atoms with Crippen molar-refractivity contribution >= 4 is 11.5 Å². The molecule has 2 rings (SSSR count). The van der Waals surface area contributed by atoms with Crippen LogP contribution < -0.4 is 4.74 Å². The van der Waals surface area contributed by atoms with E-state index < -0.39 is 40.5 Å². The fourth-order valence-corrected chi connectivity index (χ4v) is 2.13. The first kappa shape index (κ1) is 18.4. The fourth-order valence-electron chi connectivity index (χ4n) is 2.13. The van der Waals surface area contributed by atoms with Gasteiger partial charge in [0.25, 0.3) is 0 Å². The summed E-state index contributed by atoms with van der Waals surface area (Å²) in [6.07, 6.45) is -3.80. The molecule has 2 aromatic carbocycles. The van der Waals surface area contributed by atoms with Crippen molar-refractivity contribution in [2.45, 2.75) is 13.1 Å². The van der Waals surface area contributed by atoms with E-state index in [9.17, 15) is 26.7 Å². The summed E-state index contributed by atoms with van der Waals surface area (Å²) >= 11 is 0. The lowest BCUT2D eigenvalue weighted by Crippen LogP contribution is -2.12. The van der Waals surface area contributed by atoms with Crippen LogP contribution in [0, 0.1) is 11.6 Å². The highest BCUT2D eigenvalue weighted by molar-refractivity contribution is 6.15. The first-order chi connectivity index (χ1) is 11.6. The smallest absolute Gasteiger partial charge is 0.417 e. The molecule has 8 heteroatoms. The lowest BCUT2D eigenvalue weighted by atomic mass is 9.98. The molecule has 3 nitrogen and oxygen atoms in total. The van der Waals surface area contributed by atoms with E-state index in [1.54, 1.807) is 0 Å². The molecule has 0 atom stereocenters. The Morgan fingerprint density at radius 1 is 1.04 bits per heavy atom. The second kappa shape index (κ2) is 6.92. The molecule has 25 heavy (non-hydrogen) atoms. The quantitative estimate of drug-likeness (QED) is 0.599. The minimum Gasteiger partial charge on any atom is -0.478 e. The maximum absolute atomic E-state index is 13.3. The highest BCUT2D eigenvalue weighted by atomic mass is 19.4. The first-order valence-electron chi connectivity index (χ1n) is 6.87. The Kier molecular flexibility index (Phi) is 5.10. The molecule has 0 aromatic heterocycles. The van der Waals surface area contributed by atoms with E-state index in [-0.39, 0.29) is 11.5 Å². The van der Waals surface area contributed by atoms with E-state index in [4.69, 9.17) is 9.84 Å². The van der Waals surface area contributed by atoms with Gasteiger partial charge in [-0.15, -0.1) is 0 Å². The molecular weight excluding hydrogens is 347 g/mol. The first-order valence-corrected chi connectivity index (χ1v) is 6.87. The van der Waals surface area contributed by atoms with E-state index in [1.807, 2.05) is 0 Å². The number of hydrogen-bond acceptors (Lipinski definition) is 2. The molecule has 0 saturated carbocycles. The van der Waals surface area contributed by atoms with Crippen LogP contribution in [0.5, 0.6) is 11.5 Å². The number of alkyl halides is 3. The molecule has 0 spiro atoms. The van der Waals surface area contributed by atoms with Gasteiger partial charge in [0, 0.05) is 11.6 Å². The number of allylic oxidation sites excluding steroid dienone is 1. The average Bonchev–Trinajstić information content (AvgIpc) is 2.51. The number of aliphatic carboxylic acids is 1. The van der Waals surface area contributed by atoms with Crippen molar-refractivity contribution in [1.29, 1.82) is 0 Å². The van der Waals surface area contributed by atoms with E-state index in [0.717, 1.165) is 30.3 Å². The monoisotopic (exact) mass is 358 g/mol. The van der Waals surface area contributed by atoms with E-state index in [2.05, 4.69) is 0 Å². The summed E-state index contributed by atoms with van der Waals surface area (Å²) in [5, 5.41) is 9.03. The van der Waals surface area contributed by atoms with Crippen LogP contribution in [0.15, 0.2) is 42.5 Å². The minimum absolute atomic E-state index is 0.204. The van der Waals surface area contributed by atoms with Crippen molar-refractivity contribution in [3.63, 3.8) is 0 Å². The zero-order valence-corrected chi connectivity index (χ0v) is 12.7. The van der Waals surface area contributed by atoms with Crippen LogP contribution in [0.2, 0.25) is 0 Å². The fraction of sp³-hybridized carbons (Fsp3) is 0.118. The molecule has 0 amide bonds. The molecule has 1 N–H and O–H groups in total. The summed E-state index contributed by atoms with van der Waals surface area (Å²) in [6.45, 7) is 1.30. The summed E-state index contributed by atoms with van der Waals surface area (Å²) in [6, 6.07) is 5.16. The highest BCUT2D eigenvalue weighted by Crippen LogP contribution is 2.38. The number of halogens is 5. The largest absolute Gasteiger partial charge is 0.478 e. The third kappa shape index (κ3) is 4.14. The number of benzene rings is 2. The van der Waals surface area contributed by atoms with Gasteiger partial charge >= 0.3 is 12.1 Å². The molecule has 0 heterocycles. The van der Waals surface area contributed by atoms with Crippen LogP contribution >= 0.6 is 0 Å². The van der Waals surface area contributed by atoms with Gasteiger partial charge in [-0.25, -0.2) is 13.6 Å². The van der Waals surface area contributed by atoms with Gasteiger partial charge in [0.1, 0.15) is 11.5 Å². The molecule has 0 aliphatic heterocycles. The van der Waals surface area contributed by atoms with Crippen LogP contribution in [-0.4, -0.2) is 11.1 Å². The van der Waals surface area contributed by atoms with E-state index >= 15 is 0 Å². The van der Waals surface area contributed by atoms with Crippen molar-refractivity contribution in [3.8, 4) is 11.5 Å². The third-order valence-electron chi connectivity index (χ3n) is 3.23. The zero-order chi connectivity index (χ0) is 18.8. The summed E-state index contributed by atoms with van der Waals surface area (Å²) in [5.41, 5.74) is -2.27. The van der Waals surface area contributed by atoms with Gasteiger partial charge in [0.2, 0.25) is 0 Å². The van der Waals surface area contributed by atoms with Crippen molar-refractivity contribution in [2.24, 2.45) is 0 Å². The van der Waals surface area contributed by atoms with Crippen LogP contribution in [0.1, 0.15) is 18.1 Å². The van der Waals surface area contributed by atoms with Gasteiger partial charge in [-0.2, -0.15) is 13.2 Å². The predicted molar refractivity (Wildman–Crippen MR) is 79.2 cm³/mol. The molecule has 0 fully saturated rings. The van der Waals surface area contributed by atoms with Gasteiger partial charge in [0.05, 0.1) is 11.1 Å². The van der Waals surface area contributed by atoms with Crippen LogP contribution in [-0.2, 0) is 11.0 Å². The Morgan fingerprint density at radius 2 is 1.64 bits per heavy atom. The molecular formula is C17H11F5O3. The molecule has 2 aromatic rings. The van der Waals surface area contributed by atoms with Crippen LogP contribution in [0.3, 0.4) is 0 Å². The second-order valence-electron chi connectivity index (χ2n) is 4.89. The molecule has 0 radical (unpaired) electrons. The molecule has 132 valence electrons. The highest BCUT2D eigenvalue weighted by Gasteiger charge is 2.35. The van der Waals surface area contributed by atoms with E-state index in [0.29, 0.717) is 12.1 Å². The Balaban J connectivity index is 2.48. The normalized spacial score (nSPS) is 12.2. The van der Waals surface area contributed by atoms with E-state index in [1.165, 1.54) is 6.92 Å². The van der Waals surface area contributed by atoms with Crippen molar-refractivity contribution < 1.29 is 36.6 Å². The standard InChI is InChI=1S/C17H11F5O3/c1-2-11(16(23)24)12-5-3-9(7-13(12)17(20,21)22)25-10-4-6-14(18)15(19)8-10/h2-8H,1H3,(H,23,24). The Bertz CT molecular complexity index is 841. The summed E-state index contributed by atoms with van der Waals surface area (Å²) in [7, 11) is 0. The van der Waals surface area contributed by atoms with Gasteiger partial charge in [0.15, 0.2) is 11.6 Å². The van der Waals surface area contributed by atoms with Gasteiger partial charge in [-0.05, 0) is 37.3 Å². The lowest BCUT2D eigenvalue weighted by molar-refractivity contribution is -0.138. The van der Waals surface area contributed by atoms with Crippen molar-refractivity contribution in [2.75, 3.05) is 0 Å². The zero-order valence-electron chi connectivity index (χ0n) is 12.7. The van der Waals surface area contributed by atoms with Crippen LogP contribution in [0.25, 0.3) is 5.57 Å². The maximum atomic E-state index is 13.3. The average molecular weight is 358 g/mol. The number of carboxylic acid groups (broad SMARTS) is 1. The SMILES string of the molecule is CC=C(C(=O)O)c1ccc(Oc2ccc(F)c(F)c2)cc1C(F)(F)F. The predicted octanol–water partition coefficient (Wildman–Crippen LogP) is 5.26. The molecule has 0 bridgehead atoms. The summed E-state index contributed by atoms with van der Waals surface area (Å²) < 4.78 is 70.9. The number of carbonyl (C=O) groups is 1. The van der Waals surface area contributed by atoms with Gasteiger partial charge in [-0.3, -0.25) is 0 Å². The molecule has 0 aliphatic carbocycles. The third-order valence-corrected chi connectivity index (χ3v) is 3.23. The van der Waals surface area contributed by atoms with Crippen molar-refractivity contribution in [1.82, 2.24) is 0 Å². The van der Waals surface area contributed by atoms with Crippen molar-refractivity contribution in [3.05, 3.63) is 65.2 Å². The topological polar surface area (TPSA) is 46.5 Å². The Morgan fingerprint density at radius 3 is 2.16 bits per heavy atom. The van der Waals surface area contributed by atoms with Gasteiger partial charge < -0.3 is 9.84 Å². The molecule has 0 aliphatic rings. The lowest BCUT2D eigenvalue weighted by Gasteiger charge is -2.15. The van der Waals surface area contributed by atoms with Crippen LogP contribution in [0.4, 0.5) is 22.0 Å². The summed E-state index contributed by atoms with van der Waals surface area (Å²) in [4.78, 5) is 11.1. The number of ether oxygens (including phenoxy) is 1. The van der Waals surface area contributed by atoms with Gasteiger partial charge in [-0.1, -0.05) is 6.08 Å². The summed E-state index contributed by atoms with van der Waals surface area (Å²) in [5.74, 6) is -4.36.